The SMILES string of the molecule is CC(C)C(=O)Nc1ccc(-c2csc(Cc3ccccc3)n2)cc1. The number of amides is 1. The summed E-state index contributed by atoms with van der Waals surface area (Å²) in [6, 6.07) is 18.2. The zero-order valence-electron chi connectivity index (χ0n) is 13.8. The molecule has 0 saturated heterocycles. The molecule has 1 N–H and O–H groups in total. The van der Waals surface area contributed by atoms with Gasteiger partial charge in [0.2, 0.25) is 5.91 Å². The minimum atomic E-state index is -0.0243. The van der Waals surface area contributed by atoms with Crippen LogP contribution in [0.15, 0.2) is 60.0 Å². The minimum Gasteiger partial charge on any atom is -0.326 e. The summed E-state index contributed by atoms with van der Waals surface area (Å²) in [6.07, 6.45) is 0.855. The Bertz CT molecular complexity index is 807. The molecule has 0 radical (unpaired) electrons. The Morgan fingerprint density at radius 1 is 1.08 bits per heavy atom. The maximum atomic E-state index is 11.7. The van der Waals surface area contributed by atoms with Crippen molar-refractivity contribution in [1.29, 1.82) is 0 Å². The molecule has 1 aromatic heterocycles. The van der Waals surface area contributed by atoms with Crippen LogP contribution in [0.1, 0.15) is 24.4 Å². The lowest BCUT2D eigenvalue weighted by Crippen LogP contribution is -2.17. The van der Waals surface area contributed by atoms with Crippen LogP contribution < -0.4 is 5.32 Å². The van der Waals surface area contributed by atoms with E-state index in [1.54, 1.807) is 11.3 Å². The predicted molar refractivity (Wildman–Crippen MR) is 100 cm³/mol. The molecular formula is C20H20N2OS. The molecule has 4 heteroatoms. The van der Waals surface area contributed by atoms with Gasteiger partial charge in [-0.15, -0.1) is 11.3 Å². The van der Waals surface area contributed by atoms with Crippen molar-refractivity contribution in [3.63, 3.8) is 0 Å². The van der Waals surface area contributed by atoms with Crippen molar-refractivity contribution in [2.45, 2.75) is 20.3 Å². The number of hydrogen-bond acceptors (Lipinski definition) is 3. The summed E-state index contributed by atoms with van der Waals surface area (Å²) in [6.45, 7) is 3.76. The summed E-state index contributed by atoms with van der Waals surface area (Å²) >= 11 is 1.68. The van der Waals surface area contributed by atoms with Gasteiger partial charge in [0.05, 0.1) is 10.7 Å². The topological polar surface area (TPSA) is 42.0 Å². The van der Waals surface area contributed by atoms with Gasteiger partial charge >= 0.3 is 0 Å². The van der Waals surface area contributed by atoms with Crippen LogP contribution in [0.5, 0.6) is 0 Å². The van der Waals surface area contributed by atoms with Gasteiger partial charge in [-0.3, -0.25) is 4.79 Å². The molecule has 0 bridgehead atoms. The fourth-order valence-electron chi connectivity index (χ4n) is 2.31. The Morgan fingerprint density at radius 2 is 1.79 bits per heavy atom. The first-order valence-corrected chi connectivity index (χ1v) is 8.89. The number of hydrogen-bond donors (Lipinski definition) is 1. The summed E-state index contributed by atoms with van der Waals surface area (Å²) in [5, 5.41) is 6.09. The molecule has 3 nitrogen and oxygen atoms in total. The number of rotatable bonds is 5. The number of thiazole rings is 1. The molecule has 0 saturated carbocycles. The summed E-state index contributed by atoms with van der Waals surface area (Å²) in [5.74, 6) is 0.00492. The smallest absolute Gasteiger partial charge is 0.226 e. The monoisotopic (exact) mass is 336 g/mol. The fourth-order valence-corrected chi connectivity index (χ4v) is 3.14. The highest BCUT2D eigenvalue weighted by Crippen LogP contribution is 2.25. The highest BCUT2D eigenvalue weighted by molar-refractivity contribution is 7.10. The number of nitrogens with zero attached hydrogens (tertiary/aromatic N) is 1. The van der Waals surface area contributed by atoms with E-state index in [9.17, 15) is 4.79 Å². The summed E-state index contributed by atoms with van der Waals surface area (Å²) < 4.78 is 0. The minimum absolute atomic E-state index is 0.0243. The second-order valence-corrected chi connectivity index (χ2v) is 6.95. The first-order chi connectivity index (χ1) is 11.6. The molecule has 0 aliphatic heterocycles. The van der Waals surface area contributed by atoms with E-state index in [1.807, 2.05) is 56.3 Å². The van der Waals surface area contributed by atoms with E-state index in [4.69, 9.17) is 4.98 Å². The maximum Gasteiger partial charge on any atom is 0.226 e. The number of aromatic nitrogens is 1. The zero-order valence-corrected chi connectivity index (χ0v) is 14.6. The van der Waals surface area contributed by atoms with Crippen molar-refractivity contribution >= 4 is 22.9 Å². The Balaban J connectivity index is 1.70. The summed E-state index contributed by atoms with van der Waals surface area (Å²) in [4.78, 5) is 16.4. The van der Waals surface area contributed by atoms with Crippen molar-refractivity contribution in [2.75, 3.05) is 5.32 Å². The number of carbonyl (C=O) groups is 1. The van der Waals surface area contributed by atoms with Crippen LogP contribution in [0.3, 0.4) is 0 Å². The second-order valence-electron chi connectivity index (χ2n) is 6.01. The Kier molecular flexibility index (Phi) is 5.06. The van der Waals surface area contributed by atoms with Crippen molar-refractivity contribution in [3.05, 3.63) is 70.5 Å². The molecule has 2 aromatic carbocycles. The van der Waals surface area contributed by atoms with Crippen molar-refractivity contribution in [1.82, 2.24) is 4.98 Å². The molecule has 3 rings (SSSR count). The van der Waals surface area contributed by atoms with Gasteiger partial charge in [0, 0.05) is 29.0 Å². The highest BCUT2D eigenvalue weighted by Gasteiger charge is 2.08. The molecule has 0 unspecified atom stereocenters. The van der Waals surface area contributed by atoms with E-state index in [2.05, 4.69) is 22.8 Å². The van der Waals surface area contributed by atoms with Crippen LogP contribution in [-0.4, -0.2) is 10.9 Å². The standard InChI is InChI=1S/C20H20N2OS/c1-14(2)20(23)21-17-10-8-16(9-11-17)18-13-24-19(22-18)12-15-6-4-3-5-7-15/h3-11,13-14H,12H2,1-2H3,(H,21,23). The summed E-state index contributed by atoms with van der Waals surface area (Å²) in [5.41, 5.74) is 4.13. The van der Waals surface area contributed by atoms with Gasteiger partial charge in [-0.05, 0) is 17.7 Å². The predicted octanol–water partition coefficient (Wildman–Crippen LogP) is 5.00. The van der Waals surface area contributed by atoms with Gasteiger partial charge in [-0.2, -0.15) is 0 Å². The van der Waals surface area contributed by atoms with Crippen molar-refractivity contribution in [2.24, 2.45) is 5.92 Å². The van der Waals surface area contributed by atoms with E-state index < -0.39 is 0 Å². The first kappa shape index (κ1) is 16.4. The van der Waals surface area contributed by atoms with Gasteiger partial charge in [0.1, 0.15) is 0 Å². The van der Waals surface area contributed by atoms with E-state index in [-0.39, 0.29) is 11.8 Å². The molecule has 0 aliphatic rings. The fraction of sp³-hybridized carbons (Fsp3) is 0.200. The molecule has 0 fully saturated rings. The molecule has 1 amide bonds. The van der Waals surface area contributed by atoms with Gasteiger partial charge in [0.25, 0.3) is 0 Å². The highest BCUT2D eigenvalue weighted by atomic mass is 32.1. The van der Waals surface area contributed by atoms with Crippen molar-refractivity contribution < 1.29 is 4.79 Å². The lowest BCUT2D eigenvalue weighted by Gasteiger charge is -2.07. The van der Waals surface area contributed by atoms with Crippen LogP contribution in [-0.2, 0) is 11.2 Å². The van der Waals surface area contributed by atoms with Gasteiger partial charge in [-0.1, -0.05) is 56.3 Å². The van der Waals surface area contributed by atoms with E-state index in [0.29, 0.717) is 0 Å². The van der Waals surface area contributed by atoms with Crippen LogP contribution in [0.25, 0.3) is 11.3 Å². The largest absolute Gasteiger partial charge is 0.326 e. The molecule has 0 aliphatic carbocycles. The van der Waals surface area contributed by atoms with Gasteiger partial charge in [0.15, 0.2) is 0 Å². The summed E-state index contributed by atoms with van der Waals surface area (Å²) in [7, 11) is 0. The number of nitrogens with one attached hydrogen (secondary N) is 1. The lowest BCUT2D eigenvalue weighted by atomic mass is 10.1. The Hall–Kier alpha value is -2.46. The first-order valence-electron chi connectivity index (χ1n) is 8.01. The van der Waals surface area contributed by atoms with Crippen LogP contribution >= 0.6 is 11.3 Å². The molecular weight excluding hydrogens is 316 g/mol. The third kappa shape index (κ3) is 4.09. The molecule has 0 spiro atoms. The van der Waals surface area contributed by atoms with Gasteiger partial charge < -0.3 is 5.32 Å². The second kappa shape index (κ2) is 7.41. The molecule has 0 atom stereocenters. The number of benzene rings is 2. The van der Waals surface area contributed by atoms with E-state index >= 15 is 0 Å². The normalized spacial score (nSPS) is 10.8. The molecule has 122 valence electrons. The quantitative estimate of drug-likeness (QED) is 0.713. The third-order valence-corrected chi connectivity index (χ3v) is 4.57. The van der Waals surface area contributed by atoms with E-state index in [1.165, 1.54) is 5.56 Å². The van der Waals surface area contributed by atoms with E-state index in [0.717, 1.165) is 28.4 Å². The molecule has 3 aromatic rings. The van der Waals surface area contributed by atoms with Crippen LogP contribution in [0, 0.1) is 5.92 Å². The third-order valence-electron chi connectivity index (χ3n) is 3.72. The Labute approximate surface area is 146 Å². The average molecular weight is 336 g/mol. The van der Waals surface area contributed by atoms with Crippen LogP contribution in [0.2, 0.25) is 0 Å². The number of carbonyl (C=O) groups excluding carboxylic acids is 1. The lowest BCUT2D eigenvalue weighted by molar-refractivity contribution is -0.118. The van der Waals surface area contributed by atoms with Crippen molar-refractivity contribution in [3.8, 4) is 11.3 Å². The van der Waals surface area contributed by atoms with Gasteiger partial charge in [-0.25, -0.2) is 4.98 Å². The molecule has 24 heavy (non-hydrogen) atoms. The zero-order chi connectivity index (χ0) is 16.9. The average Bonchev–Trinajstić information content (AvgIpc) is 3.05. The van der Waals surface area contributed by atoms with Crippen LogP contribution in [0.4, 0.5) is 5.69 Å². The Morgan fingerprint density at radius 3 is 2.46 bits per heavy atom. The number of anilines is 1. The molecule has 1 heterocycles. The maximum absolute atomic E-state index is 11.7.